The topological polar surface area (TPSA) is 43.8 Å². The highest BCUT2D eigenvalue weighted by atomic mass is 15.1. The van der Waals surface area contributed by atoms with Gasteiger partial charge in [-0.25, -0.2) is 4.98 Å². The Balaban J connectivity index is 2.01. The van der Waals surface area contributed by atoms with Crippen molar-refractivity contribution in [3.63, 3.8) is 0 Å². The van der Waals surface area contributed by atoms with Crippen molar-refractivity contribution in [1.29, 1.82) is 0 Å². The van der Waals surface area contributed by atoms with E-state index in [4.69, 9.17) is 10.7 Å². The highest BCUT2D eigenvalue weighted by Crippen LogP contribution is 2.27. The number of aryl methyl sites for hydroxylation is 1. The lowest BCUT2D eigenvalue weighted by Gasteiger charge is -2.25. The molecular weight excluding hydrogens is 258 g/mol. The molecule has 0 spiro atoms. The van der Waals surface area contributed by atoms with Gasteiger partial charge in [-0.05, 0) is 36.3 Å². The van der Waals surface area contributed by atoms with Gasteiger partial charge in [-0.15, -0.1) is 0 Å². The molecule has 116 valence electrons. The lowest BCUT2D eigenvalue weighted by atomic mass is 9.82. The molecule has 0 fully saturated rings. The van der Waals surface area contributed by atoms with Gasteiger partial charge >= 0.3 is 0 Å². The van der Waals surface area contributed by atoms with E-state index in [0.717, 1.165) is 24.2 Å². The molecule has 1 aromatic carbocycles. The summed E-state index contributed by atoms with van der Waals surface area (Å²) in [6.45, 7) is 9.18. The average molecular weight is 287 g/mol. The molecule has 0 amide bonds. The Morgan fingerprint density at radius 2 is 1.90 bits per heavy atom. The van der Waals surface area contributed by atoms with Crippen LogP contribution in [-0.4, -0.2) is 15.6 Å². The fourth-order valence-corrected chi connectivity index (χ4v) is 3.34. The van der Waals surface area contributed by atoms with E-state index in [0.29, 0.717) is 11.3 Å². The van der Waals surface area contributed by atoms with Gasteiger partial charge in [0.2, 0.25) is 0 Å². The number of benzene rings is 1. The molecule has 2 rings (SSSR count). The first-order valence-electron chi connectivity index (χ1n) is 7.92. The number of para-hydroxylation sites is 2. The first-order chi connectivity index (χ1) is 9.76. The van der Waals surface area contributed by atoms with Crippen LogP contribution < -0.4 is 5.73 Å². The molecule has 21 heavy (non-hydrogen) atoms. The number of rotatable bonds is 5. The predicted octanol–water partition coefficient (Wildman–Crippen LogP) is 3.91. The van der Waals surface area contributed by atoms with E-state index in [9.17, 15) is 0 Å². The summed E-state index contributed by atoms with van der Waals surface area (Å²) in [5.74, 6) is 1.74. The van der Waals surface area contributed by atoms with Crippen molar-refractivity contribution >= 4 is 11.0 Å². The fourth-order valence-electron chi connectivity index (χ4n) is 3.34. The van der Waals surface area contributed by atoms with Crippen LogP contribution in [0.2, 0.25) is 0 Å². The number of hydrogen-bond acceptors (Lipinski definition) is 2. The molecule has 2 aromatic rings. The van der Waals surface area contributed by atoms with E-state index in [1.54, 1.807) is 0 Å². The molecule has 2 atom stereocenters. The van der Waals surface area contributed by atoms with Crippen molar-refractivity contribution in [3.05, 3.63) is 30.1 Å². The SMILES string of the molecule is CC(CC(N)Cc1nc2ccccc2n1C)CC(C)(C)C. The van der Waals surface area contributed by atoms with Crippen LogP contribution in [0.25, 0.3) is 11.0 Å². The zero-order valence-corrected chi connectivity index (χ0v) is 14.1. The molecule has 1 aromatic heterocycles. The van der Waals surface area contributed by atoms with E-state index < -0.39 is 0 Å². The third-order valence-electron chi connectivity index (χ3n) is 3.99. The zero-order valence-electron chi connectivity index (χ0n) is 14.1. The van der Waals surface area contributed by atoms with Crippen LogP contribution in [0, 0.1) is 11.3 Å². The van der Waals surface area contributed by atoms with Crippen LogP contribution in [0.15, 0.2) is 24.3 Å². The first-order valence-corrected chi connectivity index (χ1v) is 7.92. The second-order valence-corrected chi connectivity index (χ2v) is 7.65. The highest BCUT2D eigenvalue weighted by Gasteiger charge is 2.19. The van der Waals surface area contributed by atoms with Crippen molar-refractivity contribution in [3.8, 4) is 0 Å². The molecule has 2 unspecified atom stereocenters. The van der Waals surface area contributed by atoms with Crippen LogP contribution in [-0.2, 0) is 13.5 Å². The molecule has 3 heteroatoms. The van der Waals surface area contributed by atoms with Gasteiger partial charge in [-0.1, -0.05) is 39.8 Å². The summed E-state index contributed by atoms with van der Waals surface area (Å²) < 4.78 is 2.17. The third kappa shape index (κ3) is 4.31. The Morgan fingerprint density at radius 3 is 2.52 bits per heavy atom. The summed E-state index contributed by atoms with van der Waals surface area (Å²) in [6.07, 6.45) is 3.11. The zero-order chi connectivity index (χ0) is 15.6. The first kappa shape index (κ1) is 16.0. The van der Waals surface area contributed by atoms with Crippen LogP contribution in [0.3, 0.4) is 0 Å². The summed E-state index contributed by atoms with van der Waals surface area (Å²) in [5, 5.41) is 0. The summed E-state index contributed by atoms with van der Waals surface area (Å²) in [6, 6.07) is 8.44. The Hall–Kier alpha value is -1.35. The number of nitrogens with zero attached hydrogens (tertiary/aromatic N) is 2. The Kier molecular flexibility index (Phi) is 4.72. The van der Waals surface area contributed by atoms with Gasteiger partial charge in [-0.3, -0.25) is 0 Å². The van der Waals surface area contributed by atoms with E-state index in [1.807, 2.05) is 6.07 Å². The third-order valence-corrected chi connectivity index (χ3v) is 3.99. The molecule has 0 aliphatic heterocycles. The smallest absolute Gasteiger partial charge is 0.111 e. The standard InChI is InChI=1S/C18H29N3/c1-13(12-18(2,3)4)10-14(19)11-17-20-15-8-6-7-9-16(15)21(17)5/h6-9,13-14H,10-12,19H2,1-5H3. The molecule has 0 radical (unpaired) electrons. The van der Waals surface area contributed by atoms with Gasteiger partial charge < -0.3 is 10.3 Å². The second kappa shape index (κ2) is 6.18. The minimum absolute atomic E-state index is 0.179. The van der Waals surface area contributed by atoms with Crippen LogP contribution in [0.4, 0.5) is 0 Å². The predicted molar refractivity (Wildman–Crippen MR) is 90.2 cm³/mol. The Morgan fingerprint density at radius 1 is 1.24 bits per heavy atom. The number of imidazole rings is 1. The van der Waals surface area contributed by atoms with Crippen molar-refractivity contribution in [2.45, 2.75) is 53.0 Å². The monoisotopic (exact) mass is 287 g/mol. The maximum Gasteiger partial charge on any atom is 0.111 e. The molecule has 0 saturated carbocycles. The van der Waals surface area contributed by atoms with E-state index in [-0.39, 0.29) is 6.04 Å². The molecule has 2 N–H and O–H groups in total. The largest absolute Gasteiger partial charge is 0.331 e. The lowest BCUT2D eigenvalue weighted by molar-refractivity contribution is 0.284. The molecule has 0 bridgehead atoms. The maximum atomic E-state index is 6.36. The van der Waals surface area contributed by atoms with Crippen molar-refractivity contribution in [2.75, 3.05) is 0 Å². The highest BCUT2D eigenvalue weighted by molar-refractivity contribution is 5.75. The van der Waals surface area contributed by atoms with Crippen molar-refractivity contribution < 1.29 is 0 Å². The number of hydrogen-bond donors (Lipinski definition) is 1. The lowest BCUT2D eigenvalue weighted by Crippen LogP contribution is -2.28. The van der Waals surface area contributed by atoms with E-state index in [2.05, 4.69) is 57.5 Å². The molecule has 0 saturated heterocycles. The van der Waals surface area contributed by atoms with Crippen LogP contribution in [0.1, 0.15) is 46.4 Å². The van der Waals surface area contributed by atoms with Gasteiger partial charge in [0, 0.05) is 19.5 Å². The molecule has 0 aliphatic rings. The number of nitrogens with two attached hydrogens (primary N) is 1. The fraction of sp³-hybridized carbons (Fsp3) is 0.611. The summed E-state index contributed by atoms with van der Waals surface area (Å²) in [7, 11) is 2.08. The molecule has 0 aliphatic carbocycles. The Labute approximate surface area is 128 Å². The van der Waals surface area contributed by atoms with Gasteiger partial charge in [0.05, 0.1) is 11.0 Å². The minimum Gasteiger partial charge on any atom is -0.331 e. The average Bonchev–Trinajstić information content (AvgIpc) is 2.64. The van der Waals surface area contributed by atoms with Crippen molar-refractivity contribution in [1.82, 2.24) is 9.55 Å². The van der Waals surface area contributed by atoms with Gasteiger partial charge in [0.1, 0.15) is 5.82 Å². The van der Waals surface area contributed by atoms with Gasteiger partial charge in [0.25, 0.3) is 0 Å². The quantitative estimate of drug-likeness (QED) is 0.906. The molecule has 3 nitrogen and oxygen atoms in total. The maximum absolute atomic E-state index is 6.36. The van der Waals surface area contributed by atoms with E-state index >= 15 is 0 Å². The summed E-state index contributed by atoms with van der Waals surface area (Å²) in [4.78, 5) is 4.72. The number of fused-ring (bicyclic) bond motifs is 1. The van der Waals surface area contributed by atoms with Gasteiger partial charge in [0.15, 0.2) is 0 Å². The van der Waals surface area contributed by atoms with Gasteiger partial charge in [-0.2, -0.15) is 0 Å². The summed E-state index contributed by atoms with van der Waals surface area (Å²) >= 11 is 0. The Bertz CT molecular complexity index is 592. The minimum atomic E-state index is 0.179. The molecule has 1 heterocycles. The number of aromatic nitrogens is 2. The van der Waals surface area contributed by atoms with Crippen LogP contribution >= 0.6 is 0 Å². The second-order valence-electron chi connectivity index (χ2n) is 7.65. The van der Waals surface area contributed by atoms with E-state index in [1.165, 1.54) is 11.9 Å². The van der Waals surface area contributed by atoms with Crippen LogP contribution in [0.5, 0.6) is 0 Å². The van der Waals surface area contributed by atoms with Crippen molar-refractivity contribution in [2.24, 2.45) is 24.1 Å². The summed E-state index contributed by atoms with van der Waals surface area (Å²) in [5.41, 5.74) is 8.98. The molecular formula is C18H29N3. The normalized spacial score (nSPS) is 15.3.